The number of imide groups is 1. The number of thioether (sulfide) groups is 1. The number of amides is 4. The van der Waals surface area contributed by atoms with Gasteiger partial charge in [-0.15, -0.1) is 0 Å². The van der Waals surface area contributed by atoms with E-state index in [1.807, 2.05) is 31.2 Å². The SMILES string of the molecule is CCOc1cc(/C=C2\SC(=O)N(CC(=O)N3CCCCC3)C2=O)ccc1OCC(=O)Nc1ccccc1C(C)C. The maximum Gasteiger partial charge on any atom is 0.294 e. The summed E-state index contributed by atoms with van der Waals surface area (Å²) in [5.74, 6) is 0.0493. The van der Waals surface area contributed by atoms with Crippen LogP contribution in [0.15, 0.2) is 47.4 Å². The van der Waals surface area contributed by atoms with Crippen molar-refractivity contribution in [2.45, 2.75) is 46.0 Å². The van der Waals surface area contributed by atoms with E-state index in [0.29, 0.717) is 36.8 Å². The fraction of sp³-hybridized carbons (Fsp3) is 0.400. The summed E-state index contributed by atoms with van der Waals surface area (Å²) in [5, 5.41) is 2.44. The largest absolute Gasteiger partial charge is 0.490 e. The fourth-order valence-corrected chi connectivity index (χ4v) is 5.45. The Morgan fingerprint density at radius 1 is 1.02 bits per heavy atom. The van der Waals surface area contributed by atoms with Crippen molar-refractivity contribution in [3.63, 3.8) is 0 Å². The summed E-state index contributed by atoms with van der Waals surface area (Å²) >= 11 is 0.810. The van der Waals surface area contributed by atoms with Gasteiger partial charge in [0.2, 0.25) is 5.91 Å². The number of piperidine rings is 1. The molecule has 9 nitrogen and oxygen atoms in total. The van der Waals surface area contributed by atoms with Crippen LogP contribution in [0.5, 0.6) is 11.5 Å². The first-order chi connectivity index (χ1) is 19.3. The second kappa shape index (κ2) is 13.5. The number of nitrogens with one attached hydrogen (secondary N) is 1. The van der Waals surface area contributed by atoms with Gasteiger partial charge in [-0.2, -0.15) is 0 Å². The van der Waals surface area contributed by atoms with Crippen molar-refractivity contribution in [1.82, 2.24) is 9.80 Å². The molecule has 2 aliphatic rings. The van der Waals surface area contributed by atoms with E-state index in [-0.39, 0.29) is 35.8 Å². The summed E-state index contributed by atoms with van der Waals surface area (Å²) in [6, 6.07) is 12.7. The Balaban J connectivity index is 1.41. The normalized spacial score (nSPS) is 16.6. The van der Waals surface area contributed by atoms with Gasteiger partial charge in [-0.3, -0.25) is 24.1 Å². The lowest BCUT2D eigenvalue weighted by atomic mass is 10.0. The minimum absolute atomic E-state index is 0.208. The molecule has 2 fully saturated rings. The monoisotopic (exact) mass is 565 g/mol. The minimum Gasteiger partial charge on any atom is -0.490 e. The van der Waals surface area contributed by atoms with Crippen molar-refractivity contribution in [3.05, 3.63) is 58.5 Å². The van der Waals surface area contributed by atoms with Gasteiger partial charge in [0.15, 0.2) is 18.1 Å². The fourth-order valence-electron chi connectivity index (χ4n) is 4.61. The third-order valence-electron chi connectivity index (χ3n) is 6.66. The Morgan fingerprint density at radius 2 is 1.77 bits per heavy atom. The smallest absolute Gasteiger partial charge is 0.294 e. The van der Waals surface area contributed by atoms with Crippen LogP contribution in [-0.4, -0.2) is 65.6 Å². The lowest BCUT2D eigenvalue weighted by Crippen LogP contribution is -2.44. The minimum atomic E-state index is -0.489. The lowest BCUT2D eigenvalue weighted by Gasteiger charge is -2.27. The van der Waals surface area contributed by atoms with E-state index in [4.69, 9.17) is 9.47 Å². The van der Waals surface area contributed by atoms with Gasteiger partial charge in [-0.1, -0.05) is 38.1 Å². The molecule has 0 unspecified atom stereocenters. The zero-order valence-electron chi connectivity index (χ0n) is 23.1. The Morgan fingerprint density at radius 3 is 2.50 bits per heavy atom. The van der Waals surface area contributed by atoms with Crippen molar-refractivity contribution in [2.24, 2.45) is 0 Å². The average Bonchev–Trinajstić information content (AvgIpc) is 3.20. The quantitative estimate of drug-likeness (QED) is 0.391. The molecule has 2 aliphatic heterocycles. The summed E-state index contributed by atoms with van der Waals surface area (Å²) in [7, 11) is 0. The molecule has 0 aromatic heterocycles. The van der Waals surface area contributed by atoms with Gasteiger partial charge in [0, 0.05) is 18.8 Å². The number of carbonyl (C=O) groups is 4. The van der Waals surface area contributed by atoms with E-state index in [1.54, 1.807) is 29.2 Å². The summed E-state index contributed by atoms with van der Waals surface area (Å²) < 4.78 is 11.5. The lowest BCUT2D eigenvalue weighted by molar-refractivity contribution is -0.136. The number of benzene rings is 2. The number of carbonyl (C=O) groups excluding carboxylic acids is 4. The van der Waals surface area contributed by atoms with Gasteiger partial charge in [-0.25, -0.2) is 0 Å². The molecule has 10 heteroatoms. The topological polar surface area (TPSA) is 105 Å². The zero-order chi connectivity index (χ0) is 28.6. The predicted molar refractivity (Wildman–Crippen MR) is 155 cm³/mol. The zero-order valence-corrected chi connectivity index (χ0v) is 23.9. The van der Waals surface area contributed by atoms with E-state index >= 15 is 0 Å². The molecule has 0 atom stereocenters. The van der Waals surface area contributed by atoms with Crippen LogP contribution in [0.2, 0.25) is 0 Å². The molecule has 0 bridgehead atoms. The number of ether oxygens (including phenoxy) is 2. The first kappa shape index (κ1) is 29.2. The Hall–Kier alpha value is -3.79. The highest BCUT2D eigenvalue weighted by molar-refractivity contribution is 8.18. The third kappa shape index (κ3) is 7.24. The standard InChI is InChI=1S/C30H35N3O6S/c1-4-38-25-16-21(12-13-24(25)39-19-27(34)31-23-11-7-6-10-22(23)20(2)3)17-26-29(36)33(30(37)40-26)18-28(35)32-14-8-5-9-15-32/h6-7,10-13,16-17,20H,4-5,8-9,14-15,18-19H2,1-3H3,(H,31,34)/b26-17-. The second-order valence-corrected chi connectivity index (χ2v) is 10.9. The van der Waals surface area contributed by atoms with Gasteiger partial charge in [0.1, 0.15) is 6.54 Å². The molecular weight excluding hydrogens is 530 g/mol. The summed E-state index contributed by atoms with van der Waals surface area (Å²) in [4.78, 5) is 53.7. The van der Waals surface area contributed by atoms with E-state index in [2.05, 4.69) is 19.2 Å². The molecule has 0 aliphatic carbocycles. The molecule has 1 N–H and O–H groups in total. The van der Waals surface area contributed by atoms with Crippen LogP contribution in [0.4, 0.5) is 10.5 Å². The Kier molecular flexibility index (Phi) is 9.87. The highest BCUT2D eigenvalue weighted by Crippen LogP contribution is 2.35. The van der Waals surface area contributed by atoms with Crippen molar-refractivity contribution >= 4 is 46.5 Å². The number of hydrogen-bond donors (Lipinski definition) is 1. The van der Waals surface area contributed by atoms with E-state index < -0.39 is 11.1 Å². The van der Waals surface area contributed by atoms with Crippen LogP contribution in [0.3, 0.4) is 0 Å². The van der Waals surface area contributed by atoms with Gasteiger partial charge in [-0.05, 0) is 79.3 Å². The molecule has 4 rings (SSSR count). The number of anilines is 1. The molecule has 0 saturated carbocycles. The van der Waals surface area contributed by atoms with Crippen LogP contribution in [0.25, 0.3) is 6.08 Å². The van der Waals surface area contributed by atoms with Crippen molar-refractivity contribution in [1.29, 1.82) is 0 Å². The first-order valence-corrected chi connectivity index (χ1v) is 14.4. The number of para-hydroxylation sites is 1. The molecule has 0 radical (unpaired) electrons. The maximum atomic E-state index is 13.0. The number of nitrogens with zero attached hydrogens (tertiary/aromatic N) is 2. The molecular formula is C30H35N3O6S. The summed E-state index contributed by atoms with van der Waals surface area (Å²) in [6.45, 7) is 7.18. The second-order valence-electron chi connectivity index (χ2n) is 9.93. The van der Waals surface area contributed by atoms with Gasteiger partial charge < -0.3 is 19.7 Å². The average molecular weight is 566 g/mol. The van der Waals surface area contributed by atoms with E-state index in [1.165, 1.54) is 0 Å². The van der Waals surface area contributed by atoms with E-state index in [9.17, 15) is 19.2 Å². The van der Waals surface area contributed by atoms with Crippen LogP contribution in [0.1, 0.15) is 57.1 Å². The molecule has 212 valence electrons. The molecule has 2 saturated heterocycles. The van der Waals surface area contributed by atoms with Crippen LogP contribution >= 0.6 is 11.8 Å². The molecule has 2 aromatic carbocycles. The van der Waals surface area contributed by atoms with Crippen molar-refractivity contribution in [3.8, 4) is 11.5 Å². The number of rotatable bonds is 10. The first-order valence-electron chi connectivity index (χ1n) is 13.6. The van der Waals surface area contributed by atoms with Crippen LogP contribution in [0, 0.1) is 0 Å². The number of hydrogen-bond acceptors (Lipinski definition) is 7. The summed E-state index contributed by atoms with van der Waals surface area (Å²) in [5.41, 5.74) is 2.41. The molecule has 40 heavy (non-hydrogen) atoms. The molecule has 2 aromatic rings. The molecule has 0 spiro atoms. The van der Waals surface area contributed by atoms with Crippen LogP contribution < -0.4 is 14.8 Å². The van der Waals surface area contributed by atoms with Gasteiger partial charge in [0.05, 0.1) is 11.5 Å². The third-order valence-corrected chi connectivity index (χ3v) is 7.56. The summed E-state index contributed by atoms with van der Waals surface area (Å²) in [6.07, 6.45) is 4.55. The highest BCUT2D eigenvalue weighted by Gasteiger charge is 2.37. The predicted octanol–water partition coefficient (Wildman–Crippen LogP) is 5.28. The Labute approximate surface area is 238 Å². The molecule has 4 amide bonds. The number of likely N-dealkylation sites (tertiary alicyclic amines) is 1. The Bertz CT molecular complexity index is 1300. The van der Waals surface area contributed by atoms with Crippen molar-refractivity contribution in [2.75, 3.05) is 38.2 Å². The van der Waals surface area contributed by atoms with E-state index in [0.717, 1.165) is 47.2 Å². The van der Waals surface area contributed by atoms with Gasteiger partial charge in [0.25, 0.3) is 17.1 Å². The van der Waals surface area contributed by atoms with Crippen molar-refractivity contribution < 1.29 is 28.7 Å². The maximum absolute atomic E-state index is 13.0. The molecule has 2 heterocycles. The van der Waals surface area contributed by atoms with Crippen LogP contribution in [-0.2, 0) is 14.4 Å². The highest BCUT2D eigenvalue weighted by atomic mass is 32.2. The van der Waals surface area contributed by atoms with Gasteiger partial charge >= 0.3 is 0 Å².